The quantitative estimate of drug-likeness (QED) is 0.869. The number of hydrogen-bond donors (Lipinski definition) is 2. The summed E-state index contributed by atoms with van der Waals surface area (Å²) >= 11 is 11.2. The molecule has 2 N–H and O–H groups in total. The molecule has 0 spiro atoms. The maximum Gasteiger partial charge on any atom is 0.145 e. The van der Waals surface area contributed by atoms with Gasteiger partial charge in [-0.1, -0.05) is 23.2 Å². The molecule has 0 heterocycles. The summed E-state index contributed by atoms with van der Waals surface area (Å²) in [4.78, 5) is 0. The van der Waals surface area contributed by atoms with E-state index in [1.54, 1.807) is 0 Å². The molecular weight excluding hydrogens is 297 g/mol. The highest BCUT2D eigenvalue weighted by molar-refractivity contribution is 6.31. The van der Waals surface area contributed by atoms with Crippen molar-refractivity contribution < 1.29 is 19.0 Å². The third-order valence-corrected chi connectivity index (χ3v) is 3.20. The van der Waals surface area contributed by atoms with Gasteiger partial charge in [0.25, 0.3) is 0 Å². The first-order valence-electron chi connectivity index (χ1n) is 5.22. The summed E-state index contributed by atoms with van der Waals surface area (Å²) in [5.74, 6) is -2.10. The van der Waals surface area contributed by atoms with Crippen molar-refractivity contribution in [3.63, 3.8) is 0 Å². The van der Waals surface area contributed by atoms with Crippen molar-refractivity contribution in [3.8, 4) is 11.5 Å². The molecule has 0 aliphatic carbocycles. The molecule has 0 unspecified atom stereocenters. The Bertz CT molecular complexity index is 590. The molecule has 19 heavy (non-hydrogen) atoms. The minimum atomic E-state index is -0.746. The van der Waals surface area contributed by atoms with Crippen molar-refractivity contribution in [3.05, 3.63) is 57.1 Å². The standard InChI is InChI=1S/C13H8Cl2F2O2/c14-8-2-6(12(18)4-10(8)16)1-7-3-9(15)11(17)5-13(7)19/h2-5,18-19H,1H2. The van der Waals surface area contributed by atoms with Crippen LogP contribution < -0.4 is 0 Å². The first-order chi connectivity index (χ1) is 8.88. The Kier molecular flexibility index (Phi) is 3.83. The van der Waals surface area contributed by atoms with Gasteiger partial charge in [0.1, 0.15) is 23.1 Å². The van der Waals surface area contributed by atoms with Crippen molar-refractivity contribution in [2.24, 2.45) is 0 Å². The van der Waals surface area contributed by atoms with E-state index in [0.717, 1.165) is 12.1 Å². The topological polar surface area (TPSA) is 40.5 Å². The number of benzene rings is 2. The minimum Gasteiger partial charge on any atom is -0.508 e. The highest BCUT2D eigenvalue weighted by Gasteiger charge is 2.13. The van der Waals surface area contributed by atoms with Crippen LogP contribution in [0.3, 0.4) is 0 Å². The molecule has 0 aliphatic rings. The third-order valence-electron chi connectivity index (χ3n) is 2.62. The van der Waals surface area contributed by atoms with Crippen LogP contribution in [0.1, 0.15) is 11.1 Å². The molecule has 0 aromatic heterocycles. The van der Waals surface area contributed by atoms with E-state index in [9.17, 15) is 19.0 Å². The number of hydrogen-bond acceptors (Lipinski definition) is 2. The van der Waals surface area contributed by atoms with Crippen molar-refractivity contribution in [2.45, 2.75) is 6.42 Å². The van der Waals surface area contributed by atoms with Gasteiger partial charge in [-0.15, -0.1) is 0 Å². The van der Waals surface area contributed by atoms with Gasteiger partial charge in [0.05, 0.1) is 10.0 Å². The lowest BCUT2D eigenvalue weighted by atomic mass is 10.0. The molecule has 2 aromatic rings. The lowest BCUT2D eigenvalue weighted by Crippen LogP contribution is -1.93. The molecule has 6 heteroatoms. The molecule has 0 saturated carbocycles. The van der Waals surface area contributed by atoms with E-state index in [2.05, 4.69) is 0 Å². The van der Waals surface area contributed by atoms with Crippen LogP contribution in [0.25, 0.3) is 0 Å². The normalized spacial score (nSPS) is 10.7. The molecule has 2 nitrogen and oxygen atoms in total. The van der Waals surface area contributed by atoms with Crippen LogP contribution in [-0.4, -0.2) is 10.2 Å². The van der Waals surface area contributed by atoms with E-state index in [1.165, 1.54) is 12.1 Å². The monoisotopic (exact) mass is 304 g/mol. The van der Waals surface area contributed by atoms with Gasteiger partial charge in [-0.2, -0.15) is 0 Å². The van der Waals surface area contributed by atoms with Gasteiger partial charge in [0, 0.05) is 29.7 Å². The van der Waals surface area contributed by atoms with Crippen molar-refractivity contribution in [2.75, 3.05) is 0 Å². The average molecular weight is 305 g/mol. The van der Waals surface area contributed by atoms with Crippen LogP contribution in [0.2, 0.25) is 10.0 Å². The van der Waals surface area contributed by atoms with Crippen molar-refractivity contribution in [1.29, 1.82) is 0 Å². The summed E-state index contributed by atoms with van der Waals surface area (Å²) in [6, 6.07) is 4.23. The number of aromatic hydroxyl groups is 2. The number of phenolic OH excluding ortho intramolecular Hbond substituents is 2. The van der Waals surface area contributed by atoms with E-state index >= 15 is 0 Å². The van der Waals surface area contributed by atoms with Gasteiger partial charge >= 0.3 is 0 Å². The summed E-state index contributed by atoms with van der Waals surface area (Å²) in [5.41, 5.74) is 0.591. The summed E-state index contributed by atoms with van der Waals surface area (Å²) in [7, 11) is 0. The number of halogens is 4. The second-order valence-corrected chi connectivity index (χ2v) is 4.78. The van der Waals surface area contributed by atoms with Gasteiger partial charge in [0.2, 0.25) is 0 Å². The zero-order valence-corrected chi connectivity index (χ0v) is 10.9. The fourth-order valence-corrected chi connectivity index (χ4v) is 2.02. The molecule has 0 bridgehead atoms. The molecule has 0 amide bonds. The summed E-state index contributed by atoms with van der Waals surface area (Å²) < 4.78 is 26.2. The predicted molar refractivity (Wildman–Crippen MR) is 69.0 cm³/mol. The maximum atomic E-state index is 13.1. The smallest absolute Gasteiger partial charge is 0.145 e. The van der Waals surface area contributed by atoms with Crippen LogP contribution in [-0.2, 0) is 6.42 Å². The van der Waals surface area contributed by atoms with E-state index in [0.29, 0.717) is 11.1 Å². The second kappa shape index (κ2) is 5.23. The van der Waals surface area contributed by atoms with Crippen molar-refractivity contribution >= 4 is 23.2 Å². The van der Waals surface area contributed by atoms with Gasteiger partial charge < -0.3 is 10.2 Å². The summed E-state index contributed by atoms with van der Waals surface area (Å²) in [6.45, 7) is 0. The van der Waals surface area contributed by atoms with Crippen LogP contribution in [0, 0.1) is 11.6 Å². The van der Waals surface area contributed by atoms with Gasteiger partial charge in [-0.05, 0) is 12.1 Å². The molecular formula is C13H8Cl2F2O2. The summed E-state index contributed by atoms with van der Waals surface area (Å²) in [5, 5.41) is 18.9. The molecule has 100 valence electrons. The van der Waals surface area contributed by atoms with E-state index in [-0.39, 0.29) is 28.0 Å². The number of phenols is 2. The minimum absolute atomic E-state index is 0.0394. The largest absolute Gasteiger partial charge is 0.508 e. The highest BCUT2D eigenvalue weighted by atomic mass is 35.5. The Morgan fingerprint density at radius 1 is 0.789 bits per heavy atom. The average Bonchev–Trinajstić information content (AvgIpc) is 2.32. The second-order valence-electron chi connectivity index (χ2n) is 3.97. The maximum absolute atomic E-state index is 13.1. The first kappa shape index (κ1) is 13.9. The number of rotatable bonds is 2. The molecule has 0 aliphatic heterocycles. The molecule has 0 fully saturated rings. The van der Waals surface area contributed by atoms with E-state index in [4.69, 9.17) is 23.2 Å². The molecule has 0 atom stereocenters. The van der Waals surface area contributed by atoms with Gasteiger partial charge in [-0.25, -0.2) is 8.78 Å². The fraction of sp³-hybridized carbons (Fsp3) is 0.0769. The lowest BCUT2D eigenvalue weighted by Gasteiger charge is -2.09. The van der Waals surface area contributed by atoms with Crippen LogP contribution in [0.15, 0.2) is 24.3 Å². The van der Waals surface area contributed by atoms with Gasteiger partial charge in [0.15, 0.2) is 0 Å². The van der Waals surface area contributed by atoms with Crippen LogP contribution >= 0.6 is 23.2 Å². The predicted octanol–water partition coefficient (Wildman–Crippen LogP) is 4.27. The van der Waals surface area contributed by atoms with Gasteiger partial charge in [-0.3, -0.25) is 0 Å². The molecule has 0 saturated heterocycles. The summed E-state index contributed by atoms with van der Waals surface area (Å²) in [6.07, 6.45) is 0.0394. The Labute approximate surface area is 117 Å². The Morgan fingerprint density at radius 2 is 1.16 bits per heavy atom. The first-order valence-corrected chi connectivity index (χ1v) is 5.98. The third kappa shape index (κ3) is 2.91. The van der Waals surface area contributed by atoms with E-state index in [1.807, 2.05) is 0 Å². The lowest BCUT2D eigenvalue weighted by molar-refractivity contribution is 0.457. The van der Waals surface area contributed by atoms with E-state index < -0.39 is 11.6 Å². The Morgan fingerprint density at radius 3 is 1.53 bits per heavy atom. The molecule has 0 radical (unpaired) electrons. The highest BCUT2D eigenvalue weighted by Crippen LogP contribution is 2.31. The van der Waals surface area contributed by atoms with Crippen LogP contribution in [0.4, 0.5) is 8.78 Å². The van der Waals surface area contributed by atoms with Crippen molar-refractivity contribution in [1.82, 2.24) is 0 Å². The zero-order chi connectivity index (χ0) is 14.2. The molecule has 2 aromatic carbocycles. The fourth-order valence-electron chi connectivity index (χ4n) is 1.64. The Hall–Kier alpha value is -1.52. The SMILES string of the molecule is Oc1cc(F)c(Cl)cc1Cc1cc(Cl)c(F)cc1O. The zero-order valence-electron chi connectivity index (χ0n) is 9.42. The molecule has 2 rings (SSSR count). The Balaban J connectivity index is 2.42. The van der Waals surface area contributed by atoms with Crippen LogP contribution in [0.5, 0.6) is 11.5 Å².